The molecular weight excluding hydrogens is 364 g/mol. The molecule has 30 heavy (non-hydrogen) atoms. The molecular formula is C28H35N2+. The van der Waals surface area contributed by atoms with Crippen LogP contribution < -0.4 is 4.57 Å². The summed E-state index contributed by atoms with van der Waals surface area (Å²) in [5, 5.41) is 2.85. The highest BCUT2D eigenvalue weighted by Gasteiger charge is 2.42. The Morgan fingerprint density at radius 2 is 1.70 bits per heavy atom. The van der Waals surface area contributed by atoms with Crippen molar-refractivity contribution >= 4 is 27.5 Å². The first-order valence-electron chi connectivity index (χ1n) is 11.6. The molecule has 0 bridgehead atoms. The molecule has 156 valence electrons. The van der Waals surface area contributed by atoms with Crippen LogP contribution in [0.1, 0.15) is 76.3 Å². The molecule has 0 spiro atoms. The number of fused-ring (bicyclic) bond motifs is 3. The molecule has 0 fully saturated rings. The zero-order valence-corrected chi connectivity index (χ0v) is 19.7. The van der Waals surface area contributed by atoms with Gasteiger partial charge in [0.15, 0.2) is 11.0 Å². The van der Waals surface area contributed by atoms with Crippen molar-refractivity contribution in [1.82, 2.24) is 4.40 Å². The maximum atomic E-state index is 2.75. The van der Waals surface area contributed by atoms with Crippen LogP contribution in [0.5, 0.6) is 0 Å². The molecule has 1 aliphatic heterocycles. The minimum atomic E-state index is 0.0557. The topological polar surface area (TPSA) is 8.29 Å². The molecule has 0 radical (unpaired) electrons. The summed E-state index contributed by atoms with van der Waals surface area (Å²) >= 11 is 0. The Kier molecular flexibility index (Phi) is 4.13. The Hall–Kier alpha value is -2.35. The number of benzene rings is 2. The Morgan fingerprint density at radius 3 is 2.37 bits per heavy atom. The molecule has 3 heterocycles. The van der Waals surface area contributed by atoms with Gasteiger partial charge in [0, 0.05) is 5.41 Å². The quantitative estimate of drug-likeness (QED) is 0.324. The summed E-state index contributed by atoms with van der Waals surface area (Å²) in [5.41, 5.74) is 10.0. The van der Waals surface area contributed by atoms with Gasteiger partial charge in [-0.25, -0.2) is 4.57 Å². The summed E-state index contributed by atoms with van der Waals surface area (Å²) in [7, 11) is 0. The normalized spacial score (nSPS) is 16.1. The van der Waals surface area contributed by atoms with Gasteiger partial charge in [-0.15, -0.1) is 0 Å². The van der Waals surface area contributed by atoms with Crippen molar-refractivity contribution in [3.8, 4) is 0 Å². The van der Waals surface area contributed by atoms with Crippen molar-refractivity contribution in [2.24, 2.45) is 0 Å². The van der Waals surface area contributed by atoms with E-state index in [1.807, 2.05) is 0 Å². The van der Waals surface area contributed by atoms with Gasteiger partial charge in [-0.1, -0.05) is 52.8 Å². The van der Waals surface area contributed by atoms with Gasteiger partial charge in [0.1, 0.15) is 11.2 Å². The average molecular weight is 400 g/mol. The Morgan fingerprint density at radius 1 is 1.00 bits per heavy atom. The summed E-state index contributed by atoms with van der Waals surface area (Å²) in [4.78, 5) is 0. The summed E-state index contributed by atoms with van der Waals surface area (Å²) in [6.45, 7) is 16.3. The number of hydrogen-bond acceptors (Lipinski definition) is 0. The third-order valence-electron chi connectivity index (χ3n) is 7.85. The average Bonchev–Trinajstić information content (AvgIpc) is 2.94. The number of pyridine rings is 1. The first-order valence-corrected chi connectivity index (χ1v) is 11.6. The first-order chi connectivity index (χ1) is 14.2. The lowest BCUT2D eigenvalue weighted by molar-refractivity contribution is -0.721. The van der Waals surface area contributed by atoms with Crippen LogP contribution in [0, 0.1) is 13.8 Å². The number of nitrogens with zero attached hydrogens (tertiary/aromatic N) is 2. The van der Waals surface area contributed by atoms with E-state index < -0.39 is 0 Å². The van der Waals surface area contributed by atoms with E-state index in [-0.39, 0.29) is 11.0 Å². The molecule has 0 saturated heterocycles. The van der Waals surface area contributed by atoms with Crippen molar-refractivity contribution in [3.05, 3.63) is 58.8 Å². The molecule has 5 rings (SSSR count). The molecule has 2 nitrogen and oxygen atoms in total. The Labute approximate surface area is 180 Å². The van der Waals surface area contributed by atoms with E-state index in [9.17, 15) is 0 Å². The predicted molar refractivity (Wildman–Crippen MR) is 128 cm³/mol. The van der Waals surface area contributed by atoms with Crippen LogP contribution in [0.3, 0.4) is 0 Å². The van der Waals surface area contributed by atoms with E-state index >= 15 is 0 Å². The van der Waals surface area contributed by atoms with Crippen LogP contribution in [-0.2, 0) is 17.4 Å². The summed E-state index contributed by atoms with van der Waals surface area (Å²) in [6, 6.07) is 14.3. The van der Waals surface area contributed by atoms with Gasteiger partial charge in [0.2, 0.25) is 0 Å². The molecule has 0 N–H and O–H groups in total. The number of aryl methyl sites for hydroxylation is 3. The van der Waals surface area contributed by atoms with Crippen LogP contribution in [0.4, 0.5) is 0 Å². The van der Waals surface area contributed by atoms with Crippen LogP contribution in [0.2, 0.25) is 0 Å². The van der Waals surface area contributed by atoms with E-state index in [0.717, 1.165) is 19.3 Å². The van der Waals surface area contributed by atoms with E-state index in [2.05, 4.69) is 93.8 Å². The summed E-state index contributed by atoms with van der Waals surface area (Å²) < 4.78 is 5.36. The van der Waals surface area contributed by atoms with Crippen LogP contribution >= 0.6 is 0 Å². The van der Waals surface area contributed by atoms with Gasteiger partial charge in [0.05, 0.1) is 5.39 Å². The molecule has 0 saturated carbocycles. The summed E-state index contributed by atoms with van der Waals surface area (Å²) in [6.07, 6.45) is 4.67. The summed E-state index contributed by atoms with van der Waals surface area (Å²) in [5.74, 6) is 0. The fourth-order valence-corrected chi connectivity index (χ4v) is 5.80. The SMILES string of the molecule is CCC1(CC)CCc2cccc3cc(C(C)(C)C)n4c5cc(C)c(C)cc5[n+]1c4c23. The minimum absolute atomic E-state index is 0.0557. The van der Waals surface area contributed by atoms with Crippen LogP contribution in [0.25, 0.3) is 27.5 Å². The van der Waals surface area contributed by atoms with Gasteiger partial charge >= 0.3 is 0 Å². The molecule has 0 aliphatic carbocycles. The molecule has 0 unspecified atom stereocenters. The molecule has 0 atom stereocenters. The number of imidazole rings is 1. The lowest BCUT2D eigenvalue weighted by Gasteiger charge is -2.28. The second-order valence-electron chi connectivity index (χ2n) is 10.5. The zero-order chi connectivity index (χ0) is 21.4. The van der Waals surface area contributed by atoms with Crippen molar-refractivity contribution < 1.29 is 4.57 Å². The molecule has 2 aromatic heterocycles. The molecule has 2 heteroatoms. The lowest BCUT2D eigenvalue weighted by atomic mass is 9.86. The number of aromatic nitrogens is 2. The molecule has 0 amide bonds. The Bertz CT molecular complexity index is 1310. The van der Waals surface area contributed by atoms with Gasteiger partial charge < -0.3 is 0 Å². The smallest absolute Gasteiger partial charge is 0.217 e. The third-order valence-corrected chi connectivity index (χ3v) is 7.85. The predicted octanol–water partition coefficient (Wildman–Crippen LogP) is 6.91. The third kappa shape index (κ3) is 2.46. The molecule has 2 aromatic carbocycles. The van der Waals surface area contributed by atoms with Gasteiger partial charge in [-0.2, -0.15) is 4.40 Å². The zero-order valence-electron chi connectivity index (χ0n) is 19.7. The van der Waals surface area contributed by atoms with Gasteiger partial charge in [0.25, 0.3) is 5.65 Å². The highest BCUT2D eigenvalue weighted by Crippen LogP contribution is 2.40. The van der Waals surface area contributed by atoms with Crippen molar-refractivity contribution in [2.45, 2.75) is 85.1 Å². The monoisotopic (exact) mass is 399 g/mol. The maximum Gasteiger partial charge on any atom is 0.296 e. The standard InChI is InChI=1S/C28H35N2/c1-8-28(9-2)14-13-20-11-10-12-21-17-24(27(5,6)7)29-22-15-18(3)19(4)16-23(22)30(28)26(29)25(20)21/h10-12,15-17H,8-9,13-14H2,1-7H3/q+1. The van der Waals surface area contributed by atoms with Crippen molar-refractivity contribution in [2.75, 3.05) is 0 Å². The van der Waals surface area contributed by atoms with E-state index in [1.165, 1.54) is 56.3 Å². The largest absolute Gasteiger partial charge is 0.296 e. The Balaban J connectivity index is 2.18. The van der Waals surface area contributed by atoms with Crippen molar-refractivity contribution in [3.63, 3.8) is 0 Å². The first kappa shape index (κ1) is 19.6. The highest BCUT2D eigenvalue weighted by atomic mass is 15.2. The number of hydrogen-bond donors (Lipinski definition) is 0. The van der Waals surface area contributed by atoms with Gasteiger partial charge in [-0.3, -0.25) is 0 Å². The van der Waals surface area contributed by atoms with Crippen LogP contribution in [-0.4, -0.2) is 4.40 Å². The molecule has 1 aliphatic rings. The van der Waals surface area contributed by atoms with E-state index in [1.54, 1.807) is 0 Å². The van der Waals surface area contributed by atoms with E-state index in [4.69, 9.17) is 0 Å². The fourth-order valence-electron chi connectivity index (χ4n) is 5.80. The minimum Gasteiger partial charge on any atom is -0.217 e. The maximum absolute atomic E-state index is 2.75. The van der Waals surface area contributed by atoms with E-state index in [0.29, 0.717) is 0 Å². The second kappa shape index (κ2) is 6.33. The highest BCUT2D eigenvalue weighted by molar-refractivity contribution is 5.99. The second-order valence-corrected chi connectivity index (χ2v) is 10.5. The van der Waals surface area contributed by atoms with Gasteiger partial charge in [-0.05, 0) is 79.8 Å². The lowest BCUT2D eigenvalue weighted by Crippen LogP contribution is -2.55. The molecule has 4 aromatic rings. The van der Waals surface area contributed by atoms with Crippen LogP contribution in [0.15, 0.2) is 36.4 Å². The van der Waals surface area contributed by atoms with Crippen molar-refractivity contribution in [1.29, 1.82) is 0 Å². The number of rotatable bonds is 2. The fraction of sp³-hybridized carbons (Fsp3) is 0.464.